The molecule has 0 radical (unpaired) electrons. The van der Waals surface area contributed by atoms with E-state index in [1.807, 2.05) is 26.3 Å². The molecule has 1 aliphatic rings. The van der Waals surface area contributed by atoms with E-state index in [2.05, 4.69) is 35.8 Å². The second-order valence-electron chi connectivity index (χ2n) is 5.56. The molecule has 1 aliphatic heterocycles. The normalized spacial score (nSPS) is 19.2. The van der Waals surface area contributed by atoms with Crippen LogP contribution in [0.2, 0.25) is 0 Å². The zero-order valence-electron chi connectivity index (χ0n) is 12.7. The molecule has 6 nitrogen and oxygen atoms in total. The van der Waals surface area contributed by atoms with Crippen molar-refractivity contribution < 1.29 is 9.53 Å². The molecular formula is C12H22N4O2S2. The van der Waals surface area contributed by atoms with E-state index in [4.69, 9.17) is 4.74 Å². The van der Waals surface area contributed by atoms with Crippen LogP contribution in [0.1, 0.15) is 34.6 Å². The quantitative estimate of drug-likeness (QED) is 0.624. The zero-order valence-corrected chi connectivity index (χ0v) is 14.3. The van der Waals surface area contributed by atoms with Crippen molar-refractivity contribution in [3.8, 4) is 0 Å². The summed E-state index contributed by atoms with van der Waals surface area (Å²) in [6.07, 6.45) is 3.68. The van der Waals surface area contributed by atoms with Gasteiger partial charge in [-0.3, -0.25) is 5.01 Å². The van der Waals surface area contributed by atoms with Crippen LogP contribution in [0.3, 0.4) is 0 Å². The largest absolute Gasteiger partial charge is 0.454 e. The Hall–Kier alpha value is -0.730. The first-order valence-electron chi connectivity index (χ1n) is 6.31. The molecule has 1 N–H and O–H groups in total. The fourth-order valence-corrected chi connectivity index (χ4v) is 2.39. The molecular weight excluding hydrogens is 296 g/mol. The van der Waals surface area contributed by atoms with Crippen molar-refractivity contribution in [2.24, 2.45) is 15.6 Å². The van der Waals surface area contributed by atoms with Gasteiger partial charge in [-0.1, -0.05) is 20.8 Å². The third-order valence-corrected chi connectivity index (χ3v) is 3.62. The second kappa shape index (κ2) is 7.33. The number of carbonyl (C=O) groups is 1. The second-order valence-corrected chi connectivity index (χ2v) is 7.17. The fourth-order valence-electron chi connectivity index (χ4n) is 1.27. The summed E-state index contributed by atoms with van der Waals surface area (Å²) in [5.41, 5.74) is 0.559. The highest BCUT2D eigenvalue weighted by atomic mass is 32.2. The molecule has 0 aliphatic carbocycles. The molecule has 0 aromatic rings. The molecule has 0 spiro atoms. The van der Waals surface area contributed by atoms with Gasteiger partial charge in [0.15, 0.2) is 0 Å². The Kier molecular flexibility index (Phi) is 6.35. The number of thioether (sulfide) groups is 1. The molecule has 0 fully saturated rings. The maximum atomic E-state index is 11.5. The maximum Gasteiger partial charge on any atom is 0.384 e. The molecule has 1 heterocycles. The topological polar surface area (TPSA) is 66.3 Å². The van der Waals surface area contributed by atoms with Crippen LogP contribution in [-0.4, -0.2) is 28.2 Å². The van der Waals surface area contributed by atoms with Crippen LogP contribution in [0.25, 0.3) is 0 Å². The predicted octanol–water partition coefficient (Wildman–Crippen LogP) is 3.99. The number of hydrogen-bond donors (Lipinski definition) is 1. The van der Waals surface area contributed by atoms with Gasteiger partial charge in [0.25, 0.3) is 0 Å². The molecule has 0 saturated carbocycles. The molecule has 0 saturated heterocycles. The van der Waals surface area contributed by atoms with Gasteiger partial charge in [-0.2, -0.15) is 15.1 Å². The monoisotopic (exact) mass is 318 g/mol. The summed E-state index contributed by atoms with van der Waals surface area (Å²) in [7, 11) is 0. The molecule has 0 aromatic carbocycles. The van der Waals surface area contributed by atoms with E-state index in [0.29, 0.717) is 0 Å². The van der Waals surface area contributed by atoms with Crippen LogP contribution in [0.5, 0.6) is 0 Å². The van der Waals surface area contributed by atoms with Crippen LogP contribution in [-0.2, 0) is 4.74 Å². The van der Waals surface area contributed by atoms with E-state index in [1.165, 1.54) is 11.8 Å². The Morgan fingerprint density at radius 1 is 1.50 bits per heavy atom. The van der Waals surface area contributed by atoms with Crippen LogP contribution < -0.4 is 4.83 Å². The fraction of sp³-hybridized carbons (Fsp3) is 0.750. The van der Waals surface area contributed by atoms with Gasteiger partial charge in [0.05, 0.1) is 23.7 Å². The van der Waals surface area contributed by atoms with Crippen molar-refractivity contribution in [3.05, 3.63) is 11.9 Å². The lowest BCUT2D eigenvalue weighted by molar-refractivity contribution is 0.142. The van der Waals surface area contributed by atoms with Gasteiger partial charge in [-0.05, 0) is 20.1 Å². The first-order chi connectivity index (χ1) is 9.24. The molecule has 0 amide bonds. The number of allylic oxidation sites excluding steroid dienone is 1. The van der Waals surface area contributed by atoms with Crippen molar-refractivity contribution in [1.82, 2.24) is 9.84 Å². The standard InChI is InChI=1S/C12H22N4O2S2/c1-8(2)18-11(17)20-15-16-7-9(12(3,4)5)13-14-10(16)19-6/h7-8,10,15H,1-6H3. The van der Waals surface area contributed by atoms with Crippen LogP contribution in [0, 0.1) is 5.41 Å². The number of nitrogens with zero attached hydrogens (tertiary/aromatic N) is 3. The Bertz CT molecular complexity index is 405. The molecule has 8 heteroatoms. The first kappa shape index (κ1) is 17.3. The Balaban J connectivity index is 2.67. The van der Waals surface area contributed by atoms with Gasteiger partial charge in [0.1, 0.15) is 0 Å². The minimum Gasteiger partial charge on any atom is -0.454 e. The summed E-state index contributed by atoms with van der Waals surface area (Å²) in [6, 6.07) is 0. The van der Waals surface area contributed by atoms with Gasteiger partial charge in [0, 0.05) is 11.6 Å². The lowest BCUT2D eigenvalue weighted by Crippen LogP contribution is -2.38. The summed E-state index contributed by atoms with van der Waals surface area (Å²) >= 11 is 2.42. The van der Waals surface area contributed by atoms with Crippen molar-refractivity contribution in [3.63, 3.8) is 0 Å². The summed E-state index contributed by atoms with van der Waals surface area (Å²) in [5.74, 6) is 0. The van der Waals surface area contributed by atoms with Crippen LogP contribution in [0.4, 0.5) is 4.79 Å². The minimum atomic E-state index is -0.368. The van der Waals surface area contributed by atoms with E-state index in [9.17, 15) is 4.79 Å². The van der Waals surface area contributed by atoms with E-state index >= 15 is 0 Å². The van der Waals surface area contributed by atoms with E-state index in [0.717, 1.165) is 17.6 Å². The SMILES string of the molecule is CSC1N=NC(C(C)(C)C)=CN1NSC(=O)OC(C)C. The molecule has 114 valence electrons. The highest BCUT2D eigenvalue weighted by molar-refractivity contribution is 8.11. The van der Waals surface area contributed by atoms with Crippen molar-refractivity contribution in [1.29, 1.82) is 0 Å². The van der Waals surface area contributed by atoms with E-state index in [-0.39, 0.29) is 22.3 Å². The summed E-state index contributed by atoms with van der Waals surface area (Å²) < 4.78 is 5.06. The van der Waals surface area contributed by atoms with Crippen molar-refractivity contribution >= 4 is 29.0 Å². The summed E-state index contributed by atoms with van der Waals surface area (Å²) in [5, 5.41) is 9.87. The van der Waals surface area contributed by atoms with E-state index < -0.39 is 0 Å². The number of carbonyl (C=O) groups excluding carboxylic acids is 1. The first-order valence-corrected chi connectivity index (χ1v) is 8.42. The molecule has 0 bridgehead atoms. The van der Waals surface area contributed by atoms with Crippen LogP contribution in [0.15, 0.2) is 22.1 Å². The van der Waals surface area contributed by atoms with Gasteiger partial charge < -0.3 is 4.74 Å². The third kappa shape index (κ3) is 5.34. The number of rotatable bonds is 4. The molecule has 1 rings (SSSR count). The van der Waals surface area contributed by atoms with Crippen molar-refractivity contribution in [2.75, 3.05) is 6.26 Å². The number of hydrazine groups is 1. The number of hydrogen-bond acceptors (Lipinski definition) is 8. The molecule has 1 unspecified atom stereocenters. The number of nitrogens with one attached hydrogen (secondary N) is 1. The highest BCUT2D eigenvalue weighted by Crippen LogP contribution is 2.32. The van der Waals surface area contributed by atoms with E-state index in [1.54, 1.807) is 5.01 Å². The Labute approximate surface area is 128 Å². The summed E-state index contributed by atoms with van der Waals surface area (Å²) in [4.78, 5) is 14.5. The lowest BCUT2D eigenvalue weighted by atomic mass is 9.93. The third-order valence-electron chi connectivity index (χ3n) is 2.31. The highest BCUT2D eigenvalue weighted by Gasteiger charge is 2.26. The van der Waals surface area contributed by atoms with Gasteiger partial charge >= 0.3 is 5.30 Å². The lowest BCUT2D eigenvalue weighted by Gasteiger charge is -2.31. The van der Waals surface area contributed by atoms with Gasteiger partial charge in [0.2, 0.25) is 5.50 Å². The maximum absolute atomic E-state index is 11.5. The van der Waals surface area contributed by atoms with Gasteiger partial charge in [-0.15, -0.1) is 11.8 Å². The molecule has 0 aromatic heterocycles. The Morgan fingerprint density at radius 3 is 2.65 bits per heavy atom. The average molecular weight is 318 g/mol. The molecule has 20 heavy (non-hydrogen) atoms. The predicted molar refractivity (Wildman–Crippen MR) is 83.9 cm³/mol. The van der Waals surface area contributed by atoms with Crippen molar-refractivity contribution in [2.45, 2.75) is 46.2 Å². The average Bonchev–Trinajstić information content (AvgIpc) is 2.34. The van der Waals surface area contributed by atoms with Gasteiger partial charge in [-0.25, -0.2) is 4.79 Å². The number of azo groups is 1. The molecule has 1 atom stereocenters. The smallest absolute Gasteiger partial charge is 0.384 e. The summed E-state index contributed by atoms with van der Waals surface area (Å²) in [6.45, 7) is 9.83. The Morgan fingerprint density at radius 2 is 2.15 bits per heavy atom. The van der Waals surface area contributed by atoms with Crippen LogP contribution >= 0.6 is 23.7 Å². The zero-order chi connectivity index (χ0) is 15.3. The minimum absolute atomic E-state index is 0.101. The number of ether oxygens (including phenoxy) is 1.